The molecule has 2 rings (SSSR count). The van der Waals surface area contributed by atoms with Crippen LogP contribution in [-0.2, 0) is 11.1 Å². The number of hydrogen-bond acceptors (Lipinski definition) is 3. The maximum Gasteiger partial charge on any atom is 0.118 e. The van der Waals surface area contributed by atoms with Crippen LogP contribution in [0.25, 0.3) is 11.1 Å². The third kappa shape index (κ3) is 2.72. The molecule has 1 unspecified atom stereocenters. The monoisotopic (exact) mass is 247 g/mol. The lowest BCUT2D eigenvalue weighted by Crippen LogP contribution is -1.88. The second-order valence-corrected chi connectivity index (χ2v) is 4.43. The van der Waals surface area contributed by atoms with Gasteiger partial charge in [-0.15, -0.1) is 0 Å². The minimum Gasteiger partial charge on any atom is -0.768 e. The Balaban J connectivity index is 2.29. The fraction of sp³-hybridized carbons (Fsp3) is 0.0769. The molecular weight excluding hydrogens is 236 g/mol. The Bertz CT molecular complexity index is 517. The van der Waals surface area contributed by atoms with Crippen LogP contribution in [0.1, 0.15) is 0 Å². The van der Waals surface area contributed by atoms with E-state index in [4.69, 9.17) is 4.74 Å². The van der Waals surface area contributed by atoms with Crippen molar-refractivity contribution in [2.24, 2.45) is 0 Å². The molecule has 0 aliphatic heterocycles. The summed E-state index contributed by atoms with van der Waals surface area (Å²) in [6.45, 7) is 0. The Morgan fingerprint density at radius 3 is 1.82 bits per heavy atom. The van der Waals surface area contributed by atoms with E-state index in [1.165, 1.54) is 0 Å². The summed E-state index contributed by atoms with van der Waals surface area (Å²) in [6, 6.07) is 14.3. The van der Waals surface area contributed by atoms with Crippen LogP contribution in [0, 0.1) is 0 Å². The van der Waals surface area contributed by atoms with Crippen molar-refractivity contribution in [3.8, 4) is 16.9 Å². The molecule has 0 radical (unpaired) electrons. The number of methoxy groups -OCH3 is 1. The molecule has 0 saturated carbocycles. The molecule has 17 heavy (non-hydrogen) atoms. The SMILES string of the molecule is COc1ccc(-c2ccc(S(=O)[O-])cc2)cc1. The summed E-state index contributed by atoms with van der Waals surface area (Å²) in [6.07, 6.45) is 0. The molecule has 0 aromatic heterocycles. The second-order valence-electron chi connectivity index (χ2n) is 3.49. The molecule has 88 valence electrons. The van der Waals surface area contributed by atoms with E-state index in [-0.39, 0.29) is 0 Å². The van der Waals surface area contributed by atoms with Gasteiger partial charge in [0.1, 0.15) is 5.75 Å². The van der Waals surface area contributed by atoms with Crippen LogP contribution in [0.2, 0.25) is 0 Å². The van der Waals surface area contributed by atoms with Gasteiger partial charge < -0.3 is 9.29 Å². The highest BCUT2D eigenvalue weighted by molar-refractivity contribution is 7.79. The average molecular weight is 247 g/mol. The summed E-state index contributed by atoms with van der Waals surface area (Å²) < 4.78 is 26.5. The van der Waals surface area contributed by atoms with Crippen LogP contribution in [0.5, 0.6) is 5.75 Å². The van der Waals surface area contributed by atoms with Crippen LogP contribution < -0.4 is 4.74 Å². The lowest BCUT2D eigenvalue weighted by Gasteiger charge is -2.07. The minimum absolute atomic E-state index is 0.294. The Morgan fingerprint density at radius 2 is 1.41 bits per heavy atom. The molecule has 0 amide bonds. The van der Waals surface area contributed by atoms with Crippen molar-refractivity contribution in [2.75, 3.05) is 7.11 Å². The van der Waals surface area contributed by atoms with E-state index < -0.39 is 11.1 Å². The fourth-order valence-corrected chi connectivity index (χ4v) is 1.90. The van der Waals surface area contributed by atoms with Gasteiger partial charge in [-0.3, -0.25) is 4.21 Å². The van der Waals surface area contributed by atoms with E-state index >= 15 is 0 Å². The van der Waals surface area contributed by atoms with Crippen molar-refractivity contribution in [1.82, 2.24) is 0 Å². The Labute approximate surface area is 102 Å². The highest BCUT2D eigenvalue weighted by atomic mass is 32.2. The third-order valence-electron chi connectivity index (χ3n) is 2.47. The molecule has 1 atom stereocenters. The van der Waals surface area contributed by atoms with Gasteiger partial charge in [-0.05, 0) is 46.5 Å². The first kappa shape index (κ1) is 11.8. The van der Waals surface area contributed by atoms with E-state index in [0.29, 0.717) is 4.90 Å². The zero-order valence-corrected chi connectivity index (χ0v) is 10.1. The topological polar surface area (TPSA) is 49.4 Å². The van der Waals surface area contributed by atoms with Crippen LogP contribution in [-0.4, -0.2) is 15.9 Å². The lowest BCUT2D eigenvalue weighted by molar-refractivity contribution is 0.415. The summed E-state index contributed by atoms with van der Waals surface area (Å²) in [4.78, 5) is 0.294. The summed E-state index contributed by atoms with van der Waals surface area (Å²) in [5.41, 5.74) is 2.00. The number of rotatable bonds is 3. The van der Waals surface area contributed by atoms with Crippen molar-refractivity contribution in [3.63, 3.8) is 0 Å². The van der Waals surface area contributed by atoms with Crippen LogP contribution in [0.15, 0.2) is 53.4 Å². The zero-order chi connectivity index (χ0) is 12.3. The van der Waals surface area contributed by atoms with Gasteiger partial charge >= 0.3 is 0 Å². The maximum absolute atomic E-state index is 10.7. The van der Waals surface area contributed by atoms with Crippen molar-refractivity contribution >= 4 is 11.1 Å². The summed E-state index contributed by atoms with van der Waals surface area (Å²) in [7, 11) is 1.62. The fourth-order valence-electron chi connectivity index (χ4n) is 1.54. The van der Waals surface area contributed by atoms with E-state index in [1.54, 1.807) is 31.4 Å². The predicted octanol–water partition coefficient (Wildman–Crippen LogP) is 2.60. The highest BCUT2D eigenvalue weighted by Crippen LogP contribution is 2.23. The van der Waals surface area contributed by atoms with Crippen molar-refractivity contribution in [2.45, 2.75) is 4.90 Å². The molecule has 0 spiro atoms. The molecule has 0 saturated heterocycles. The molecule has 0 N–H and O–H groups in total. The Morgan fingerprint density at radius 1 is 0.941 bits per heavy atom. The highest BCUT2D eigenvalue weighted by Gasteiger charge is 1.99. The van der Waals surface area contributed by atoms with Crippen LogP contribution in [0.4, 0.5) is 0 Å². The first-order chi connectivity index (χ1) is 8.20. The van der Waals surface area contributed by atoms with Gasteiger partial charge in [0.25, 0.3) is 0 Å². The Hall–Kier alpha value is -1.65. The standard InChI is InChI=1S/C13H12O3S/c1-16-12-6-2-10(3-7-12)11-4-8-13(9-5-11)17(14)15/h2-9H,1H3,(H,14,15)/p-1. The smallest absolute Gasteiger partial charge is 0.118 e. The molecule has 0 aliphatic rings. The average Bonchev–Trinajstić information content (AvgIpc) is 2.39. The maximum atomic E-state index is 10.7. The van der Waals surface area contributed by atoms with Crippen molar-refractivity contribution in [1.29, 1.82) is 0 Å². The Kier molecular flexibility index (Phi) is 3.56. The van der Waals surface area contributed by atoms with Gasteiger partial charge in [0.05, 0.1) is 7.11 Å². The molecular formula is C13H11O3S-. The first-order valence-corrected chi connectivity index (χ1v) is 6.12. The van der Waals surface area contributed by atoms with E-state index in [0.717, 1.165) is 16.9 Å². The molecule has 3 nitrogen and oxygen atoms in total. The quantitative estimate of drug-likeness (QED) is 0.783. The van der Waals surface area contributed by atoms with Gasteiger partial charge in [0, 0.05) is 4.90 Å². The zero-order valence-electron chi connectivity index (χ0n) is 9.25. The molecule has 2 aromatic carbocycles. The summed E-state index contributed by atoms with van der Waals surface area (Å²) in [5, 5.41) is 0. The van der Waals surface area contributed by atoms with E-state index in [2.05, 4.69) is 0 Å². The van der Waals surface area contributed by atoms with Gasteiger partial charge in [0.2, 0.25) is 0 Å². The minimum atomic E-state index is -2.17. The lowest BCUT2D eigenvalue weighted by atomic mass is 10.1. The normalized spacial score (nSPS) is 12.1. The van der Waals surface area contributed by atoms with Crippen molar-refractivity contribution in [3.05, 3.63) is 48.5 Å². The molecule has 0 fully saturated rings. The number of hydrogen-bond donors (Lipinski definition) is 0. The summed E-state index contributed by atoms with van der Waals surface area (Å²) in [5.74, 6) is 0.797. The molecule has 0 aliphatic carbocycles. The predicted molar refractivity (Wildman–Crippen MR) is 65.6 cm³/mol. The molecule has 0 heterocycles. The van der Waals surface area contributed by atoms with Gasteiger partial charge in [-0.1, -0.05) is 24.3 Å². The van der Waals surface area contributed by atoms with Crippen LogP contribution >= 0.6 is 0 Å². The van der Waals surface area contributed by atoms with Crippen molar-refractivity contribution < 1.29 is 13.5 Å². The van der Waals surface area contributed by atoms with E-state index in [9.17, 15) is 8.76 Å². The van der Waals surface area contributed by atoms with Gasteiger partial charge in [0.15, 0.2) is 0 Å². The molecule has 2 aromatic rings. The first-order valence-electron chi connectivity index (χ1n) is 5.04. The van der Waals surface area contributed by atoms with Gasteiger partial charge in [-0.25, -0.2) is 0 Å². The van der Waals surface area contributed by atoms with E-state index in [1.807, 2.05) is 24.3 Å². The molecule has 0 bridgehead atoms. The largest absolute Gasteiger partial charge is 0.768 e. The second kappa shape index (κ2) is 5.12. The number of ether oxygens (including phenoxy) is 1. The van der Waals surface area contributed by atoms with Gasteiger partial charge in [-0.2, -0.15) is 0 Å². The third-order valence-corrected chi connectivity index (χ3v) is 3.13. The summed E-state index contributed by atoms with van der Waals surface area (Å²) >= 11 is -2.17. The molecule has 4 heteroatoms. The van der Waals surface area contributed by atoms with Crippen LogP contribution in [0.3, 0.4) is 0 Å². The number of benzene rings is 2.